The maximum absolute atomic E-state index is 11.7. The van der Waals surface area contributed by atoms with Crippen molar-refractivity contribution in [3.05, 3.63) is 0 Å². The van der Waals surface area contributed by atoms with Crippen molar-refractivity contribution in [2.75, 3.05) is 38.4 Å². The molecule has 2 fully saturated rings. The van der Waals surface area contributed by atoms with Crippen molar-refractivity contribution < 1.29 is 17.9 Å². The number of hydrogen-bond donors (Lipinski definition) is 1. The van der Waals surface area contributed by atoms with E-state index < -0.39 is 9.84 Å². The average Bonchev–Trinajstić information content (AvgIpc) is 2.81. The SMILES string of the molecule is CCCNC(CS(C)(=O)=O)C1CCOC2(CCOC2)C1. The number of rotatable bonds is 6. The van der Waals surface area contributed by atoms with Crippen LogP contribution in [0.4, 0.5) is 0 Å². The van der Waals surface area contributed by atoms with Crippen LogP contribution in [0.2, 0.25) is 0 Å². The van der Waals surface area contributed by atoms with Gasteiger partial charge in [-0.1, -0.05) is 6.92 Å². The summed E-state index contributed by atoms with van der Waals surface area (Å²) in [5.41, 5.74) is -0.160. The fourth-order valence-electron chi connectivity index (χ4n) is 3.29. The van der Waals surface area contributed by atoms with Gasteiger partial charge in [0.25, 0.3) is 0 Å². The molecular weight excluding hydrogens is 278 g/mol. The molecule has 0 saturated carbocycles. The van der Waals surface area contributed by atoms with E-state index in [1.54, 1.807) is 0 Å². The molecule has 2 aliphatic heterocycles. The van der Waals surface area contributed by atoms with E-state index in [2.05, 4.69) is 12.2 Å². The first kappa shape index (κ1) is 16.2. The van der Waals surface area contributed by atoms with Crippen LogP contribution in [-0.4, -0.2) is 58.4 Å². The molecule has 2 rings (SSSR count). The van der Waals surface area contributed by atoms with E-state index in [0.29, 0.717) is 19.1 Å². The Bertz CT molecular complexity index is 403. The van der Waals surface area contributed by atoms with Gasteiger partial charge in [0.15, 0.2) is 0 Å². The van der Waals surface area contributed by atoms with Crippen LogP contribution < -0.4 is 5.32 Å². The van der Waals surface area contributed by atoms with Crippen LogP contribution >= 0.6 is 0 Å². The standard InChI is InChI=1S/C14H27NO4S/c1-3-6-15-13(10-20(2,16)17)12-4-7-19-14(9-12)5-8-18-11-14/h12-13,15H,3-11H2,1-2H3. The van der Waals surface area contributed by atoms with Crippen molar-refractivity contribution in [1.29, 1.82) is 0 Å². The maximum atomic E-state index is 11.7. The summed E-state index contributed by atoms with van der Waals surface area (Å²) in [5.74, 6) is 0.570. The smallest absolute Gasteiger partial charge is 0.148 e. The van der Waals surface area contributed by atoms with Gasteiger partial charge >= 0.3 is 0 Å². The van der Waals surface area contributed by atoms with Crippen LogP contribution in [-0.2, 0) is 19.3 Å². The number of ether oxygens (including phenoxy) is 2. The Labute approximate surface area is 122 Å². The third kappa shape index (κ3) is 4.41. The van der Waals surface area contributed by atoms with Gasteiger partial charge in [0.1, 0.15) is 9.84 Å². The Morgan fingerprint density at radius 2 is 2.20 bits per heavy atom. The first-order valence-corrected chi connectivity index (χ1v) is 9.63. The molecule has 0 radical (unpaired) electrons. The lowest BCUT2D eigenvalue weighted by molar-refractivity contribution is -0.102. The molecule has 2 saturated heterocycles. The fraction of sp³-hybridized carbons (Fsp3) is 1.00. The average molecular weight is 305 g/mol. The summed E-state index contributed by atoms with van der Waals surface area (Å²) in [7, 11) is -2.97. The van der Waals surface area contributed by atoms with Gasteiger partial charge in [-0.15, -0.1) is 0 Å². The molecular formula is C14H27NO4S. The van der Waals surface area contributed by atoms with Crippen molar-refractivity contribution in [3.63, 3.8) is 0 Å². The second kappa shape index (κ2) is 6.73. The summed E-state index contributed by atoms with van der Waals surface area (Å²) >= 11 is 0. The van der Waals surface area contributed by atoms with Crippen LogP contribution in [0.1, 0.15) is 32.6 Å². The molecule has 1 N–H and O–H groups in total. The molecule has 0 aromatic carbocycles. The first-order valence-electron chi connectivity index (χ1n) is 7.57. The Hall–Kier alpha value is -0.170. The molecule has 20 heavy (non-hydrogen) atoms. The highest BCUT2D eigenvalue weighted by Gasteiger charge is 2.43. The van der Waals surface area contributed by atoms with E-state index in [4.69, 9.17) is 9.47 Å². The Morgan fingerprint density at radius 3 is 2.80 bits per heavy atom. The predicted molar refractivity (Wildman–Crippen MR) is 78.6 cm³/mol. The lowest BCUT2D eigenvalue weighted by Gasteiger charge is -2.40. The molecule has 118 valence electrons. The third-order valence-corrected chi connectivity index (χ3v) is 5.27. The van der Waals surface area contributed by atoms with Crippen LogP contribution in [0, 0.1) is 5.92 Å². The highest BCUT2D eigenvalue weighted by atomic mass is 32.2. The van der Waals surface area contributed by atoms with Gasteiger partial charge < -0.3 is 14.8 Å². The maximum Gasteiger partial charge on any atom is 0.148 e. The van der Waals surface area contributed by atoms with Crippen LogP contribution in [0.5, 0.6) is 0 Å². The van der Waals surface area contributed by atoms with Gasteiger partial charge in [0.2, 0.25) is 0 Å². The van der Waals surface area contributed by atoms with Gasteiger partial charge in [0, 0.05) is 31.9 Å². The molecule has 3 unspecified atom stereocenters. The van der Waals surface area contributed by atoms with Crippen molar-refractivity contribution in [3.8, 4) is 0 Å². The lowest BCUT2D eigenvalue weighted by atomic mass is 9.81. The largest absolute Gasteiger partial charge is 0.378 e. The van der Waals surface area contributed by atoms with Crippen LogP contribution in [0.25, 0.3) is 0 Å². The summed E-state index contributed by atoms with van der Waals surface area (Å²) < 4.78 is 34.8. The molecule has 0 aromatic heterocycles. The highest BCUT2D eigenvalue weighted by Crippen LogP contribution is 2.37. The topological polar surface area (TPSA) is 64.6 Å². The van der Waals surface area contributed by atoms with Gasteiger partial charge in [-0.05, 0) is 31.7 Å². The van der Waals surface area contributed by atoms with Crippen molar-refractivity contribution in [2.24, 2.45) is 5.92 Å². The van der Waals surface area contributed by atoms with Gasteiger partial charge in [-0.25, -0.2) is 8.42 Å². The number of hydrogen-bond acceptors (Lipinski definition) is 5. The second-order valence-electron chi connectivity index (χ2n) is 6.24. The summed E-state index contributed by atoms with van der Waals surface area (Å²) in [4.78, 5) is 0. The quantitative estimate of drug-likeness (QED) is 0.792. The van der Waals surface area contributed by atoms with Gasteiger partial charge in [-0.2, -0.15) is 0 Å². The van der Waals surface area contributed by atoms with E-state index in [1.807, 2.05) is 0 Å². The van der Waals surface area contributed by atoms with Crippen molar-refractivity contribution in [2.45, 2.75) is 44.2 Å². The Morgan fingerprint density at radius 1 is 1.40 bits per heavy atom. The zero-order valence-corrected chi connectivity index (χ0v) is 13.4. The minimum Gasteiger partial charge on any atom is -0.378 e. The lowest BCUT2D eigenvalue weighted by Crippen LogP contribution is -2.49. The van der Waals surface area contributed by atoms with Gasteiger partial charge in [-0.3, -0.25) is 0 Å². The first-order chi connectivity index (χ1) is 9.44. The minimum absolute atomic E-state index is 0.0336. The molecule has 0 aromatic rings. The number of nitrogens with one attached hydrogen (secondary N) is 1. The fourth-order valence-corrected chi connectivity index (χ4v) is 4.33. The number of sulfone groups is 1. The molecule has 0 amide bonds. The molecule has 2 aliphatic rings. The summed E-state index contributed by atoms with van der Waals surface area (Å²) in [5, 5.41) is 3.43. The van der Waals surface area contributed by atoms with E-state index >= 15 is 0 Å². The molecule has 2 heterocycles. The van der Waals surface area contributed by atoms with E-state index in [1.165, 1.54) is 6.26 Å². The van der Waals surface area contributed by atoms with Crippen molar-refractivity contribution >= 4 is 9.84 Å². The van der Waals surface area contributed by atoms with Crippen molar-refractivity contribution in [1.82, 2.24) is 5.32 Å². The normalized spacial score (nSPS) is 32.6. The van der Waals surface area contributed by atoms with E-state index in [-0.39, 0.29) is 17.4 Å². The van der Waals surface area contributed by atoms with E-state index in [9.17, 15) is 8.42 Å². The van der Waals surface area contributed by atoms with Gasteiger partial charge in [0.05, 0.1) is 18.0 Å². The Balaban J connectivity index is 2.03. The minimum atomic E-state index is -2.97. The second-order valence-corrected chi connectivity index (χ2v) is 8.42. The molecule has 3 atom stereocenters. The highest BCUT2D eigenvalue weighted by molar-refractivity contribution is 7.90. The molecule has 0 bridgehead atoms. The third-order valence-electron chi connectivity index (χ3n) is 4.31. The summed E-state index contributed by atoms with van der Waals surface area (Å²) in [6.45, 7) is 5.08. The van der Waals surface area contributed by atoms with E-state index in [0.717, 1.165) is 38.8 Å². The van der Waals surface area contributed by atoms with Crippen LogP contribution in [0.3, 0.4) is 0 Å². The summed E-state index contributed by atoms with van der Waals surface area (Å²) in [6, 6.07) is 0.0336. The molecule has 6 heteroatoms. The summed E-state index contributed by atoms with van der Waals surface area (Å²) in [6.07, 6.45) is 5.10. The van der Waals surface area contributed by atoms with Crippen LogP contribution in [0.15, 0.2) is 0 Å². The predicted octanol–water partition coefficient (Wildman–Crippen LogP) is 0.985. The zero-order chi connectivity index (χ0) is 14.6. The zero-order valence-electron chi connectivity index (χ0n) is 12.6. The molecule has 0 aliphatic carbocycles. The Kier molecular flexibility index (Phi) is 5.45. The monoisotopic (exact) mass is 305 g/mol. The molecule has 5 nitrogen and oxygen atoms in total. The molecule has 1 spiro atoms.